The maximum Gasteiger partial charge on any atom is 0.328 e. The van der Waals surface area contributed by atoms with Crippen molar-refractivity contribution < 1.29 is 27.5 Å². The Morgan fingerprint density at radius 1 is 0.914 bits per heavy atom. The fraction of sp³-hybridized carbons (Fsp3) is 0.378. The number of fused-ring (bicyclic) bond motifs is 1. The number of aryl methyl sites for hydroxylation is 1. The Balaban J connectivity index is 1.37. The largest absolute Gasteiger partial charge is 0.493 e. The molecule has 11 nitrogen and oxygen atoms in total. The lowest BCUT2D eigenvalue weighted by Gasteiger charge is -2.36. The molecule has 6 rings (SSSR count). The SMILES string of the molecule is CCC(C)(C)c1ccc(OCCCN2C(C(C(=O)Nc3cc(Cl)ccc3C)N3C(=O)CN(Cc4ccccc4)C3=O)=Nc3ccccc3S2(=O)=O)c(C(C)(C)CC)c1. The summed E-state index contributed by atoms with van der Waals surface area (Å²) in [6, 6.07) is 24.1. The fourth-order valence-corrected chi connectivity index (χ4v) is 8.83. The molecule has 2 heterocycles. The van der Waals surface area contributed by atoms with Gasteiger partial charge in [-0.05, 0) is 77.6 Å². The summed E-state index contributed by atoms with van der Waals surface area (Å²) in [4.78, 5) is 49.7. The quantitative estimate of drug-likeness (QED) is 0.0942. The highest BCUT2D eigenvalue weighted by atomic mass is 35.5. The topological polar surface area (TPSA) is 129 Å². The molecule has 0 bridgehead atoms. The average molecular weight is 826 g/mol. The minimum atomic E-state index is -4.35. The van der Waals surface area contributed by atoms with Crippen LogP contribution in [0.1, 0.15) is 83.1 Å². The van der Waals surface area contributed by atoms with Crippen molar-refractivity contribution in [3.8, 4) is 5.75 Å². The number of hydrogen-bond acceptors (Lipinski definition) is 7. The normalized spacial score (nSPS) is 15.9. The van der Waals surface area contributed by atoms with Gasteiger partial charge in [-0.3, -0.25) is 13.9 Å². The van der Waals surface area contributed by atoms with Crippen LogP contribution in [0.3, 0.4) is 0 Å². The Bertz CT molecular complexity index is 2350. The summed E-state index contributed by atoms with van der Waals surface area (Å²) < 4.78 is 36.6. The van der Waals surface area contributed by atoms with Crippen molar-refractivity contribution in [1.82, 2.24) is 14.1 Å². The molecule has 306 valence electrons. The molecule has 1 fully saturated rings. The van der Waals surface area contributed by atoms with E-state index < -0.39 is 33.9 Å². The molecule has 0 aromatic heterocycles. The van der Waals surface area contributed by atoms with E-state index in [1.165, 1.54) is 22.6 Å². The highest BCUT2D eigenvalue weighted by Gasteiger charge is 2.50. The zero-order chi connectivity index (χ0) is 42.0. The molecular weight excluding hydrogens is 774 g/mol. The smallest absolute Gasteiger partial charge is 0.328 e. The third-order valence-electron chi connectivity index (χ3n) is 11.4. The Morgan fingerprint density at radius 2 is 1.60 bits per heavy atom. The molecule has 1 unspecified atom stereocenters. The van der Waals surface area contributed by atoms with Crippen molar-refractivity contribution in [2.75, 3.05) is 25.0 Å². The summed E-state index contributed by atoms with van der Waals surface area (Å²) in [5.41, 5.74) is 3.92. The highest BCUT2D eigenvalue weighted by Crippen LogP contribution is 2.39. The van der Waals surface area contributed by atoms with Gasteiger partial charge in [0.25, 0.3) is 21.8 Å². The van der Waals surface area contributed by atoms with Gasteiger partial charge in [-0.25, -0.2) is 23.1 Å². The molecule has 13 heteroatoms. The average Bonchev–Trinajstić information content (AvgIpc) is 3.46. The van der Waals surface area contributed by atoms with E-state index >= 15 is 0 Å². The van der Waals surface area contributed by atoms with Gasteiger partial charge in [0.1, 0.15) is 17.2 Å². The number of carbonyl (C=O) groups excluding carboxylic acids is 3. The lowest BCUT2D eigenvalue weighted by Crippen LogP contribution is -2.58. The summed E-state index contributed by atoms with van der Waals surface area (Å²) in [6.07, 6.45) is 2.03. The van der Waals surface area contributed by atoms with E-state index in [2.05, 4.69) is 59.0 Å². The predicted molar refractivity (Wildman–Crippen MR) is 228 cm³/mol. The van der Waals surface area contributed by atoms with Crippen LogP contribution in [0.15, 0.2) is 101 Å². The number of hydrogen-bond donors (Lipinski definition) is 1. The van der Waals surface area contributed by atoms with Crippen LogP contribution < -0.4 is 10.1 Å². The monoisotopic (exact) mass is 825 g/mol. The highest BCUT2D eigenvalue weighted by molar-refractivity contribution is 7.90. The van der Waals surface area contributed by atoms with Crippen LogP contribution >= 0.6 is 11.6 Å². The Morgan fingerprint density at radius 3 is 2.31 bits per heavy atom. The second-order valence-electron chi connectivity index (χ2n) is 16.1. The van der Waals surface area contributed by atoms with E-state index in [0.29, 0.717) is 22.0 Å². The number of nitrogens with one attached hydrogen (secondary N) is 1. The van der Waals surface area contributed by atoms with E-state index in [1.807, 2.05) is 36.4 Å². The molecule has 0 spiro atoms. The Kier molecular flexibility index (Phi) is 12.4. The number of rotatable bonds is 15. The van der Waals surface area contributed by atoms with Crippen LogP contribution in [0.4, 0.5) is 16.2 Å². The zero-order valence-corrected chi connectivity index (χ0v) is 35.8. The van der Waals surface area contributed by atoms with Gasteiger partial charge in [0.2, 0.25) is 0 Å². The van der Waals surface area contributed by atoms with Gasteiger partial charge in [0.05, 0.1) is 12.3 Å². The van der Waals surface area contributed by atoms with Gasteiger partial charge in [-0.1, -0.05) is 114 Å². The minimum Gasteiger partial charge on any atom is -0.493 e. The number of urea groups is 1. The Hall–Kier alpha value is -5.20. The number of para-hydroxylation sites is 1. The number of aliphatic imine (C=N–C) groups is 1. The van der Waals surface area contributed by atoms with Crippen LogP contribution in [0.5, 0.6) is 5.75 Å². The molecule has 1 saturated heterocycles. The molecule has 1 atom stereocenters. The first-order valence-corrected chi connectivity index (χ1v) is 21.5. The number of anilines is 1. The first-order chi connectivity index (χ1) is 27.5. The molecule has 4 amide bonds. The number of ether oxygens (including phenoxy) is 1. The third-order valence-corrected chi connectivity index (χ3v) is 13.5. The van der Waals surface area contributed by atoms with Crippen LogP contribution in [-0.2, 0) is 37.0 Å². The number of carbonyl (C=O) groups is 3. The van der Waals surface area contributed by atoms with Crippen molar-refractivity contribution in [2.24, 2.45) is 4.99 Å². The number of sulfonamides is 1. The van der Waals surface area contributed by atoms with Crippen molar-refractivity contribution in [2.45, 2.75) is 96.0 Å². The number of amides is 4. The lowest BCUT2D eigenvalue weighted by molar-refractivity contribution is -0.130. The summed E-state index contributed by atoms with van der Waals surface area (Å²) in [5.74, 6) is -1.07. The second-order valence-corrected chi connectivity index (χ2v) is 18.4. The van der Waals surface area contributed by atoms with Crippen LogP contribution in [0.25, 0.3) is 0 Å². The van der Waals surface area contributed by atoms with E-state index in [4.69, 9.17) is 21.3 Å². The lowest BCUT2D eigenvalue weighted by atomic mass is 9.76. The minimum absolute atomic E-state index is 0.0310. The summed E-state index contributed by atoms with van der Waals surface area (Å²) in [5, 5.41) is 3.17. The van der Waals surface area contributed by atoms with E-state index in [9.17, 15) is 22.8 Å². The number of halogens is 1. The molecule has 2 aliphatic heterocycles. The maximum absolute atomic E-state index is 14.6. The van der Waals surface area contributed by atoms with E-state index in [0.717, 1.165) is 33.2 Å². The number of nitrogens with zero attached hydrogens (tertiary/aromatic N) is 4. The van der Waals surface area contributed by atoms with E-state index in [-0.39, 0.29) is 59.9 Å². The van der Waals surface area contributed by atoms with Crippen molar-refractivity contribution in [3.05, 3.63) is 118 Å². The molecule has 2 aliphatic rings. The van der Waals surface area contributed by atoms with Crippen LogP contribution in [0.2, 0.25) is 5.02 Å². The van der Waals surface area contributed by atoms with Gasteiger partial charge < -0.3 is 15.0 Å². The predicted octanol–water partition coefficient (Wildman–Crippen LogP) is 9.00. The maximum atomic E-state index is 14.6. The molecule has 1 N–H and O–H groups in total. The van der Waals surface area contributed by atoms with Crippen molar-refractivity contribution in [3.63, 3.8) is 0 Å². The van der Waals surface area contributed by atoms with E-state index in [1.54, 1.807) is 37.3 Å². The fourth-order valence-electron chi connectivity index (χ4n) is 7.04. The second kappa shape index (κ2) is 17.0. The summed E-state index contributed by atoms with van der Waals surface area (Å²) >= 11 is 6.31. The van der Waals surface area contributed by atoms with Gasteiger partial charge in [0, 0.05) is 35.8 Å². The first-order valence-electron chi connectivity index (χ1n) is 19.7. The number of benzene rings is 4. The summed E-state index contributed by atoms with van der Waals surface area (Å²) in [7, 11) is -4.35. The van der Waals surface area contributed by atoms with Crippen molar-refractivity contribution in [1.29, 1.82) is 0 Å². The molecule has 0 aliphatic carbocycles. The molecule has 4 aromatic rings. The molecule has 0 saturated carbocycles. The molecule has 4 aromatic carbocycles. The third kappa shape index (κ3) is 8.63. The van der Waals surface area contributed by atoms with Gasteiger partial charge in [-0.2, -0.15) is 0 Å². The summed E-state index contributed by atoms with van der Waals surface area (Å²) in [6.45, 7) is 14.6. The van der Waals surface area contributed by atoms with Crippen LogP contribution in [0, 0.1) is 6.92 Å². The van der Waals surface area contributed by atoms with Crippen molar-refractivity contribution >= 4 is 56.7 Å². The Labute approximate surface area is 347 Å². The van der Waals surface area contributed by atoms with Crippen LogP contribution in [-0.4, -0.2) is 71.9 Å². The van der Waals surface area contributed by atoms with Gasteiger partial charge in [0.15, 0.2) is 11.9 Å². The first kappa shape index (κ1) is 42.4. The standard InChI is InChI=1S/C45H52ClN5O6S/c1-8-44(4,5)32-21-23-37(34(26-32)45(6,7)9-2)57-25-15-24-50-41(47-35-18-13-14-19-38(35)58(50,55)56)40(42(53)48-36-27-33(46)22-20-30(36)3)51-39(52)29-49(43(51)54)28-31-16-11-10-12-17-31/h10-14,16-23,26-27,40H,8-9,15,24-25,28-29H2,1-7H3,(H,48,53). The molecule has 0 radical (unpaired) electrons. The zero-order valence-electron chi connectivity index (χ0n) is 34.2. The molecular formula is C45H52ClN5O6S. The number of imide groups is 1. The van der Waals surface area contributed by atoms with Gasteiger partial charge in [-0.15, -0.1) is 0 Å². The molecule has 58 heavy (non-hydrogen) atoms. The van der Waals surface area contributed by atoms with Gasteiger partial charge >= 0.3 is 6.03 Å². The number of amidine groups is 1.